The van der Waals surface area contributed by atoms with E-state index in [4.69, 9.17) is 10.8 Å². The van der Waals surface area contributed by atoms with Crippen LogP contribution in [0.4, 0.5) is 0 Å². The molecule has 0 bridgehead atoms. The minimum atomic E-state index is -1.06. The zero-order valence-electron chi connectivity index (χ0n) is 8.15. The molecule has 0 rings (SSSR count). The highest BCUT2D eigenvalue weighted by molar-refractivity contribution is 5.85. The first kappa shape index (κ1) is 11.9. The second kappa shape index (κ2) is 4.81. The fraction of sp³-hybridized carbons (Fsp3) is 0.750. The third-order valence-electron chi connectivity index (χ3n) is 1.83. The van der Waals surface area contributed by atoms with Crippen molar-refractivity contribution in [3.8, 4) is 0 Å². The molecular weight excluding hydrogens is 172 g/mol. The van der Waals surface area contributed by atoms with Gasteiger partial charge in [0.25, 0.3) is 0 Å². The van der Waals surface area contributed by atoms with E-state index in [0.717, 1.165) is 0 Å². The van der Waals surface area contributed by atoms with Crippen LogP contribution in [0.2, 0.25) is 0 Å². The first-order valence-electron chi connectivity index (χ1n) is 4.10. The van der Waals surface area contributed by atoms with Crippen LogP contribution < -0.4 is 5.73 Å². The summed E-state index contributed by atoms with van der Waals surface area (Å²) >= 11 is 0. The SMILES string of the molecule is CC(C)N(C)C(=O)C(N)CC(=O)O. The quantitative estimate of drug-likeness (QED) is 0.632. The number of carboxylic acid groups (broad SMARTS) is 1. The van der Waals surface area contributed by atoms with Crippen molar-refractivity contribution < 1.29 is 14.7 Å². The van der Waals surface area contributed by atoms with E-state index >= 15 is 0 Å². The van der Waals surface area contributed by atoms with Crippen molar-refractivity contribution in [1.29, 1.82) is 0 Å². The third-order valence-corrected chi connectivity index (χ3v) is 1.83. The molecule has 3 N–H and O–H groups in total. The molecule has 0 saturated heterocycles. The number of likely N-dealkylation sites (N-methyl/N-ethyl adjacent to an activating group) is 1. The summed E-state index contributed by atoms with van der Waals surface area (Å²) in [5.41, 5.74) is 5.38. The summed E-state index contributed by atoms with van der Waals surface area (Å²) in [4.78, 5) is 23.1. The van der Waals surface area contributed by atoms with E-state index in [2.05, 4.69) is 0 Å². The Bertz CT molecular complexity index is 204. The molecular formula is C8H16N2O3. The van der Waals surface area contributed by atoms with Crippen molar-refractivity contribution in [3.05, 3.63) is 0 Å². The summed E-state index contributed by atoms with van der Waals surface area (Å²) < 4.78 is 0. The number of nitrogens with zero attached hydrogens (tertiary/aromatic N) is 1. The van der Waals surface area contributed by atoms with Crippen LogP contribution in [0.3, 0.4) is 0 Å². The highest BCUT2D eigenvalue weighted by Crippen LogP contribution is 1.99. The van der Waals surface area contributed by atoms with Gasteiger partial charge in [0.05, 0.1) is 12.5 Å². The smallest absolute Gasteiger partial charge is 0.305 e. The highest BCUT2D eigenvalue weighted by Gasteiger charge is 2.21. The number of nitrogens with two attached hydrogens (primary N) is 1. The van der Waals surface area contributed by atoms with E-state index in [1.807, 2.05) is 13.8 Å². The van der Waals surface area contributed by atoms with Crippen LogP contribution in [-0.2, 0) is 9.59 Å². The Morgan fingerprint density at radius 3 is 2.23 bits per heavy atom. The maximum atomic E-state index is 11.4. The number of hydrogen-bond donors (Lipinski definition) is 2. The van der Waals surface area contributed by atoms with Gasteiger partial charge in [0.15, 0.2) is 0 Å². The van der Waals surface area contributed by atoms with E-state index in [1.165, 1.54) is 4.90 Å². The van der Waals surface area contributed by atoms with Crippen molar-refractivity contribution in [2.75, 3.05) is 7.05 Å². The molecule has 0 radical (unpaired) electrons. The van der Waals surface area contributed by atoms with Gasteiger partial charge in [-0.15, -0.1) is 0 Å². The van der Waals surface area contributed by atoms with Gasteiger partial charge in [0, 0.05) is 13.1 Å². The number of carboxylic acids is 1. The van der Waals surface area contributed by atoms with Gasteiger partial charge in [-0.3, -0.25) is 9.59 Å². The van der Waals surface area contributed by atoms with E-state index < -0.39 is 12.0 Å². The lowest BCUT2D eigenvalue weighted by molar-refractivity contribution is -0.142. The molecule has 76 valence electrons. The van der Waals surface area contributed by atoms with Crippen LogP contribution >= 0.6 is 0 Å². The molecule has 0 spiro atoms. The van der Waals surface area contributed by atoms with Gasteiger partial charge < -0.3 is 15.7 Å². The molecule has 1 atom stereocenters. The second-order valence-electron chi connectivity index (χ2n) is 3.25. The van der Waals surface area contributed by atoms with Crippen LogP contribution in [-0.4, -0.2) is 41.0 Å². The first-order valence-corrected chi connectivity index (χ1v) is 4.10. The van der Waals surface area contributed by atoms with E-state index in [9.17, 15) is 9.59 Å². The molecule has 1 unspecified atom stereocenters. The number of rotatable bonds is 4. The molecule has 13 heavy (non-hydrogen) atoms. The average molecular weight is 188 g/mol. The van der Waals surface area contributed by atoms with Crippen molar-refractivity contribution in [3.63, 3.8) is 0 Å². The predicted molar refractivity (Wildman–Crippen MR) is 48.1 cm³/mol. The topological polar surface area (TPSA) is 83.6 Å². The Balaban J connectivity index is 4.17. The molecule has 0 heterocycles. The van der Waals surface area contributed by atoms with E-state index in [0.29, 0.717) is 0 Å². The second-order valence-corrected chi connectivity index (χ2v) is 3.25. The Morgan fingerprint density at radius 2 is 1.92 bits per heavy atom. The van der Waals surface area contributed by atoms with Gasteiger partial charge in [-0.2, -0.15) is 0 Å². The molecule has 0 aromatic carbocycles. The van der Waals surface area contributed by atoms with Crippen LogP contribution in [0.25, 0.3) is 0 Å². The van der Waals surface area contributed by atoms with Gasteiger partial charge in [-0.25, -0.2) is 0 Å². The van der Waals surface area contributed by atoms with Crippen LogP contribution in [0.15, 0.2) is 0 Å². The number of carbonyl (C=O) groups is 2. The lowest BCUT2D eigenvalue weighted by Crippen LogP contribution is -2.45. The summed E-state index contributed by atoms with van der Waals surface area (Å²) in [7, 11) is 1.61. The normalized spacial score (nSPS) is 12.7. The summed E-state index contributed by atoms with van der Waals surface area (Å²) in [5.74, 6) is -1.39. The Morgan fingerprint density at radius 1 is 1.46 bits per heavy atom. The molecule has 0 aliphatic heterocycles. The fourth-order valence-corrected chi connectivity index (χ4v) is 0.791. The zero-order chi connectivity index (χ0) is 10.6. The summed E-state index contributed by atoms with van der Waals surface area (Å²) in [6.45, 7) is 3.68. The van der Waals surface area contributed by atoms with Crippen LogP contribution in [0.5, 0.6) is 0 Å². The number of carbonyl (C=O) groups excluding carboxylic acids is 1. The summed E-state index contributed by atoms with van der Waals surface area (Å²) in [6, 6.07) is -0.905. The Kier molecular flexibility index (Phi) is 4.40. The van der Waals surface area contributed by atoms with Crippen molar-refractivity contribution in [2.24, 2.45) is 5.73 Å². The van der Waals surface area contributed by atoms with Gasteiger partial charge in [-0.05, 0) is 13.8 Å². The molecule has 0 aromatic rings. The first-order chi connectivity index (χ1) is 5.86. The minimum Gasteiger partial charge on any atom is -0.481 e. The monoisotopic (exact) mass is 188 g/mol. The fourth-order valence-electron chi connectivity index (χ4n) is 0.791. The van der Waals surface area contributed by atoms with Crippen LogP contribution in [0.1, 0.15) is 20.3 Å². The van der Waals surface area contributed by atoms with Gasteiger partial charge >= 0.3 is 5.97 Å². The molecule has 5 nitrogen and oxygen atoms in total. The lowest BCUT2D eigenvalue weighted by Gasteiger charge is -2.24. The molecule has 0 aliphatic rings. The van der Waals surface area contributed by atoms with Gasteiger partial charge in [-0.1, -0.05) is 0 Å². The molecule has 0 aliphatic carbocycles. The molecule has 0 saturated carbocycles. The average Bonchev–Trinajstić information content (AvgIpc) is 2.00. The number of hydrogen-bond acceptors (Lipinski definition) is 3. The Hall–Kier alpha value is -1.10. The Labute approximate surface area is 77.5 Å². The minimum absolute atomic E-state index is 0.0346. The summed E-state index contributed by atoms with van der Waals surface area (Å²) in [5, 5.41) is 8.40. The molecule has 1 amide bonds. The molecule has 0 fully saturated rings. The van der Waals surface area contributed by atoms with Crippen molar-refractivity contribution in [2.45, 2.75) is 32.4 Å². The lowest BCUT2D eigenvalue weighted by atomic mass is 10.2. The van der Waals surface area contributed by atoms with Crippen molar-refractivity contribution >= 4 is 11.9 Å². The standard InChI is InChI=1S/C8H16N2O3/c1-5(2)10(3)8(13)6(9)4-7(11)12/h5-6H,4,9H2,1-3H3,(H,11,12). The largest absolute Gasteiger partial charge is 0.481 e. The molecule has 5 heteroatoms. The predicted octanol–water partition coefficient (Wildman–Crippen LogP) is -0.345. The van der Waals surface area contributed by atoms with Gasteiger partial charge in [0.2, 0.25) is 5.91 Å². The summed E-state index contributed by atoms with van der Waals surface area (Å²) in [6.07, 6.45) is -0.324. The maximum absolute atomic E-state index is 11.4. The van der Waals surface area contributed by atoms with E-state index in [-0.39, 0.29) is 18.4 Å². The van der Waals surface area contributed by atoms with Gasteiger partial charge in [0.1, 0.15) is 0 Å². The highest BCUT2D eigenvalue weighted by atomic mass is 16.4. The number of aliphatic carboxylic acids is 1. The molecule has 0 aromatic heterocycles. The zero-order valence-corrected chi connectivity index (χ0v) is 8.15. The van der Waals surface area contributed by atoms with Crippen molar-refractivity contribution in [1.82, 2.24) is 4.90 Å². The maximum Gasteiger partial charge on any atom is 0.305 e. The number of amides is 1. The third kappa shape index (κ3) is 3.89. The van der Waals surface area contributed by atoms with Crippen LogP contribution in [0, 0.1) is 0 Å². The van der Waals surface area contributed by atoms with E-state index in [1.54, 1.807) is 7.05 Å².